The smallest absolute Gasteiger partial charge is 0.256 e. The standard InChI is InChI=1S/C31H38N4O4S2/c1-33(2)31(37)28-26-18-19-35(20-22-10-6-4-7-11-22)21-27(26)40-30(28)32-29(36)23-14-16-25(17-15-23)41(38,39)34(3)24-12-8-5-9-13-24/h4,6-7,10-11,14-17,24H,5,8-9,12-13,18-21H2,1-3H3,(H,32,36). The summed E-state index contributed by atoms with van der Waals surface area (Å²) < 4.78 is 27.9. The van der Waals surface area contributed by atoms with Gasteiger partial charge >= 0.3 is 0 Å². The number of anilines is 1. The Morgan fingerprint density at radius 2 is 1.66 bits per heavy atom. The van der Waals surface area contributed by atoms with Crippen LogP contribution in [0.15, 0.2) is 59.5 Å². The van der Waals surface area contributed by atoms with E-state index in [0.717, 1.165) is 62.1 Å². The highest BCUT2D eigenvalue weighted by atomic mass is 32.2. The van der Waals surface area contributed by atoms with Crippen LogP contribution in [0.5, 0.6) is 0 Å². The molecule has 10 heteroatoms. The van der Waals surface area contributed by atoms with Gasteiger partial charge in [-0.15, -0.1) is 11.3 Å². The zero-order valence-corrected chi connectivity index (χ0v) is 25.6. The number of sulfonamides is 1. The molecule has 41 heavy (non-hydrogen) atoms. The maximum absolute atomic E-state index is 13.3. The molecule has 1 aliphatic heterocycles. The van der Waals surface area contributed by atoms with E-state index in [1.807, 2.05) is 18.2 Å². The van der Waals surface area contributed by atoms with E-state index in [9.17, 15) is 18.0 Å². The lowest BCUT2D eigenvalue weighted by atomic mass is 9.96. The Kier molecular flexibility index (Phi) is 8.94. The number of hydrogen-bond donors (Lipinski definition) is 1. The first-order chi connectivity index (χ1) is 19.6. The van der Waals surface area contributed by atoms with Gasteiger partial charge in [0.1, 0.15) is 5.00 Å². The molecular weight excluding hydrogens is 556 g/mol. The molecule has 1 aromatic heterocycles. The van der Waals surface area contributed by atoms with Crippen molar-refractivity contribution in [1.82, 2.24) is 14.1 Å². The van der Waals surface area contributed by atoms with Gasteiger partial charge in [0.05, 0.1) is 10.5 Å². The van der Waals surface area contributed by atoms with Crippen molar-refractivity contribution in [3.05, 3.63) is 81.7 Å². The highest BCUT2D eigenvalue weighted by Gasteiger charge is 2.31. The van der Waals surface area contributed by atoms with Crippen molar-refractivity contribution < 1.29 is 18.0 Å². The molecular formula is C31H38N4O4S2. The number of benzene rings is 2. The maximum atomic E-state index is 13.3. The summed E-state index contributed by atoms with van der Waals surface area (Å²) in [5.41, 5.74) is 3.13. The van der Waals surface area contributed by atoms with Gasteiger partial charge in [-0.2, -0.15) is 4.31 Å². The third kappa shape index (κ3) is 6.40. The molecule has 2 heterocycles. The predicted octanol–water partition coefficient (Wildman–Crippen LogP) is 5.21. The van der Waals surface area contributed by atoms with E-state index in [4.69, 9.17) is 0 Å². The Morgan fingerprint density at radius 3 is 2.32 bits per heavy atom. The van der Waals surface area contributed by atoms with Gasteiger partial charge in [-0.1, -0.05) is 49.6 Å². The SMILES string of the molecule is CN(C)C(=O)c1c(NC(=O)c2ccc(S(=O)(=O)N(C)C3CCCCC3)cc2)sc2c1CCN(Cc1ccccc1)C2. The van der Waals surface area contributed by atoms with Gasteiger partial charge in [0.15, 0.2) is 0 Å². The van der Waals surface area contributed by atoms with Crippen molar-refractivity contribution in [1.29, 1.82) is 0 Å². The molecule has 8 nitrogen and oxygen atoms in total. The lowest BCUT2D eigenvalue weighted by molar-refractivity contribution is 0.0827. The summed E-state index contributed by atoms with van der Waals surface area (Å²) >= 11 is 1.45. The van der Waals surface area contributed by atoms with Crippen molar-refractivity contribution in [2.24, 2.45) is 0 Å². The van der Waals surface area contributed by atoms with Gasteiger partial charge < -0.3 is 10.2 Å². The molecule has 0 radical (unpaired) electrons. The largest absolute Gasteiger partial charge is 0.345 e. The van der Waals surface area contributed by atoms with Gasteiger partial charge in [-0.25, -0.2) is 8.42 Å². The van der Waals surface area contributed by atoms with Crippen LogP contribution in [-0.2, 0) is 29.5 Å². The van der Waals surface area contributed by atoms with Crippen molar-refractivity contribution in [2.45, 2.75) is 62.6 Å². The van der Waals surface area contributed by atoms with Crippen LogP contribution in [0, 0.1) is 0 Å². The molecule has 0 spiro atoms. The van der Waals surface area contributed by atoms with Crippen LogP contribution in [0.25, 0.3) is 0 Å². The fraction of sp³-hybridized carbons (Fsp3) is 0.419. The van der Waals surface area contributed by atoms with Crippen LogP contribution in [0.3, 0.4) is 0 Å². The van der Waals surface area contributed by atoms with Crippen LogP contribution < -0.4 is 5.32 Å². The number of fused-ring (bicyclic) bond motifs is 1. The Morgan fingerprint density at radius 1 is 0.976 bits per heavy atom. The molecule has 1 fully saturated rings. The average molecular weight is 595 g/mol. The van der Waals surface area contributed by atoms with Gasteiger partial charge in [0.25, 0.3) is 11.8 Å². The molecule has 3 aromatic rings. The van der Waals surface area contributed by atoms with Gasteiger partial charge in [-0.05, 0) is 54.7 Å². The van der Waals surface area contributed by atoms with Gasteiger partial charge in [0.2, 0.25) is 10.0 Å². The maximum Gasteiger partial charge on any atom is 0.256 e. The summed E-state index contributed by atoms with van der Waals surface area (Å²) in [6, 6.07) is 16.4. The average Bonchev–Trinajstić information content (AvgIpc) is 3.34. The van der Waals surface area contributed by atoms with Crippen molar-refractivity contribution in [3.63, 3.8) is 0 Å². The molecule has 2 amide bonds. The molecule has 5 rings (SSSR count). The van der Waals surface area contributed by atoms with E-state index in [1.54, 1.807) is 33.3 Å². The molecule has 1 saturated carbocycles. The minimum absolute atomic E-state index is 0.0119. The fourth-order valence-corrected chi connectivity index (χ4v) is 8.42. The summed E-state index contributed by atoms with van der Waals surface area (Å²) in [5, 5.41) is 3.51. The molecule has 1 N–H and O–H groups in total. The molecule has 0 atom stereocenters. The molecule has 0 unspecified atom stereocenters. The van der Waals surface area contributed by atoms with Crippen molar-refractivity contribution >= 4 is 38.2 Å². The number of nitrogens with zero attached hydrogens (tertiary/aromatic N) is 3. The fourth-order valence-electron chi connectivity index (χ4n) is 5.73. The highest BCUT2D eigenvalue weighted by molar-refractivity contribution is 7.89. The van der Waals surface area contributed by atoms with Crippen LogP contribution in [0.4, 0.5) is 5.00 Å². The van der Waals surface area contributed by atoms with E-state index in [-0.39, 0.29) is 22.8 Å². The number of nitrogens with one attached hydrogen (secondary N) is 1. The first-order valence-corrected chi connectivity index (χ1v) is 16.4. The molecule has 0 saturated heterocycles. The molecule has 2 aromatic carbocycles. The third-order valence-electron chi connectivity index (χ3n) is 8.11. The number of carbonyl (C=O) groups is 2. The van der Waals surface area contributed by atoms with Crippen LogP contribution in [-0.4, -0.2) is 68.1 Å². The van der Waals surface area contributed by atoms with E-state index >= 15 is 0 Å². The van der Waals surface area contributed by atoms with Gasteiger partial charge in [-0.3, -0.25) is 14.5 Å². The first kappa shape index (κ1) is 29.4. The molecule has 218 valence electrons. The summed E-state index contributed by atoms with van der Waals surface area (Å²) in [6.07, 6.45) is 5.70. The third-order valence-corrected chi connectivity index (χ3v) is 11.2. The van der Waals surface area contributed by atoms with Crippen molar-refractivity contribution in [3.8, 4) is 0 Å². The number of thiophene rings is 1. The second-order valence-electron chi connectivity index (χ2n) is 11.1. The van der Waals surface area contributed by atoms with E-state index in [1.165, 1.54) is 38.2 Å². The predicted molar refractivity (Wildman–Crippen MR) is 163 cm³/mol. The normalized spacial score (nSPS) is 16.4. The number of amides is 2. The quantitative estimate of drug-likeness (QED) is 0.387. The van der Waals surface area contributed by atoms with Crippen LogP contribution >= 0.6 is 11.3 Å². The Labute approximate surface area is 247 Å². The minimum atomic E-state index is -3.65. The van der Waals surface area contributed by atoms with E-state index in [0.29, 0.717) is 22.7 Å². The number of rotatable bonds is 8. The molecule has 0 bridgehead atoms. The lowest BCUT2D eigenvalue weighted by Crippen LogP contribution is -2.38. The van der Waals surface area contributed by atoms with Crippen LogP contribution in [0.1, 0.15) is 68.8 Å². The molecule has 1 aliphatic carbocycles. The monoisotopic (exact) mass is 594 g/mol. The number of hydrogen-bond acceptors (Lipinski definition) is 6. The minimum Gasteiger partial charge on any atom is -0.345 e. The van der Waals surface area contributed by atoms with Gasteiger partial charge in [0, 0.05) is 57.3 Å². The molecule has 2 aliphatic rings. The zero-order chi connectivity index (χ0) is 29.1. The summed E-state index contributed by atoms with van der Waals surface area (Å²) in [7, 11) is 1.43. The second-order valence-corrected chi connectivity index (χ2v) is 14.2. The Balaban J connectivity index is 1.34. The van der Waals surface area contributed by atoms with E-state index < -0.39 is 10.0 Å². The summed E-state index contributed by atoms with van der Waals surface area (Å²) in [4.78, 5) is 31.7. The van der Waals surface area contributed by atoms with Crippen molar-refractivity contribution in [2.75, 3.05) is 33.0 Å². The van der Waals surface area contributed by atoms with E-state index in [2.05, 4.69) is 22.3 Å². The highest BCUT2D eigenvalue weighted by Crippen LogP contribution is 2.38. The summed E-state index contributed by atoms with van der Waals surface area (Å²) in [5.74, 6) is -0.511. The zero-order valence-electron chi connectivity index (χ0n) is 23.9. The Bertz CT molecular complexity index is 1490. The number of carbonyl (C=O) groups excluding carboxylic acids is 2. The summed E-state index contributed by atoms with van der Waals surface area (Å²) in [6.45, 7) is 2.35. The first-order valence-electron chi connectivity index (χ1n) is 14.2. The second kappa shape index (κ2) is 12.4. The lowest BCUT2D eigenvalue weighted by Gasteiger charge is -2.30. The Hall–Kier alpha value is -3.05. The topological polar surface area (TPSA) is 90.0 Å². The van der Waals surface area contributed by atoms with Crippen LogP contribution in [0.2, 0.25) is 0 Å².